The predicted molar refractivity (Wildman–Crippen MR) is 86.7 cm³/mol. The number of nitrogens with one attached hydrogen (secondary N) is 1. The number of benzene rings is 1. The van der Waals surface area contributed by atoms with Crippen molar-refractivity contribution in [3.63, 3.8) is 0 Å². The Morgan fingerprint density at radius 1 is 1.29 bits per heavy atom. The topological polar surface area (TPSA) is 34.2 Å². The molecule has 4 rings (SSSR count). The molecule has 0 radical (unpaired) electrons. The van der Waals surface area contributed by atoms with Gasteiger partial charge in [-0.3, -0.25) is 0 Å². The molecule has 4 heteroatoms. The molecule has 2 fully saturated rings. The van der Waals surface area contributed by atoms with Crippen molar-refractivity contribution >= 4 is 21.6 Å². The average Bonchev–Trinajstić information content (AvgIpc) is 2.95. The van der Waals surface area contributed by atoms with Crippen molar-refractivity contribution in [3.8, 4) is 0 Å². The minimum atomic E-state index is 0.0489. The summed E-state index contributed by atoms with van der Waals surface area (Å²) in [7, 11) is 0. The van der Waals surface area contributed by atoms with Gasteiger partial charge in [0.1, 0.15) is 11.1 Å². The highest BCUT2D eigenvalue weighted by Crippen LogP contribution is 2.40. The fraction of sp³-hybridized carbons (Fsp3) is 0.588. The summed E-state index contributed by atoms with van der Waals surface area (Å²) < 4.78 is 7.82. The molecule has 1 aromatic carbocycles. The number of morpholine rings is 1. The van der Waals surface area contributed by atoms with E-state index in [2.05, 4.69) is 36.5 Å². The number of thiazole rings is 1. The molecule has 2 aromatic rings. The number of para-hydroxylation sites is 1. The quantitative estimate of drug-likeness (QED) is 0.867. The molecule has 1 unspecified atom stereocenters. The molecule has 2 heterocycles. The Kier molecular flexibility index (Phi) is 3.48. The van der Waals surface area contributed by atoms with Gasteiger partial charge in [-0.15, -0.1) is 11.3 Å². The molecule has 1 aliphatic carbocycles. The second kappa shape index (κ2) is 5.34. The van der Waals surface area contributed by atoms with Gasteiger partial charge < -0.3 is 10.1 Å². The molecule has 1 saturated carbocycles. The maximum Gasteiger partial charge on any atom is 0.124 e. The van der Waals surface area contributed by atoms with Gasteiger partial charge in [-0.1, -0.05) is 19.1 Å². The number of aromatic nitrogens is 1. The van der Waals surface area contributed by atoms with Crippen LogP contribution in [0.4, 0.5) is 0 Å². The van der Waals surface area contributed by atoms with Crippen LogP contribution in [-0.4, -0.2) is 23.7 Å². The Labute approximate surface area is 129 Å². The lowest BCUT2D eigenvalue weighted by atomic mass is 9.78. The van der Waals surface area contributed by atoms with Gasteiger partial charge in [0.15, 0.2) is 0 Å². The third-order valence-electron chi connectivity index (χ3n) is 4.94. The van der Waals surface area contributed by atoms with Gasteiger partial charge in [0.05, 0.1) is 15.8 Å². The van der Waals surface area contributed by atoms with Crippen molar-refractivity contribution < 1.29 is 4.74 Å². The van der Waals surface area contributed by atoms with Crippen LogP contribution in [0.2, 0.25) is 0 Å². The van der Waals surface area contributed by atoms with Gasteiger partial charge in [-0.25, -0.2) is 4.98 Å². The van der Waals surface area contributed by atoms with Gasteiger partial charge >= 0.3 is 0 Å². The lowest BCUT2D eigenvalue weighted by Gasteiger charge is -2.45. The first kappa shape index (κ1) is 13.7. The fourth-order valence-electron chi connectivity index (χ4n) is 3.56. The van der Waals surface area contributed by atoms with Gasteiger partial charge in [-0.05, 0) is 43.7 Å². The lowest BCUT2D eigenvalue weighted by molar-refractivity contribution is -0.140. The monoisotopic (exact) mass is 302 g/mol. The Morgan fingerprint density at radius 2 is 2.10 bits per heavy atom. The fourth-order valence-corrected chi connectivity index (χ4v) is 4.56. The largest absolute Gasteiger partial charge is 0.362 e. The van der Waals surface area contributed by atoms with E-state index in [0.717, 1.165) is 29.5 Å². The predicted octanol–water partition coefficient (Wildman–Crippen LogP) is 3.91. The molecule has 112 valence electrons. The van der Waals surface area contributed by atoms with E-state index >= 15 is 0 Å². The first-order valence-corrected chi connectivity index (χ1v) is 8.80. The summed E-state index contributed by atoms with van der Waals surface area (Å²) >= 11 is 1.78. The molecule has 2 aliphatic rings. The van der Waals surface area contributed by atoms with Gasteiger partial charge in [0, 0.05) is 13.1 Å². The van der Waals surface area contributed by atoms with Crippen LogP contribution < -0.4 is 5.32 Å². The van der Waals surface area contributed by atoms with Crippen LogP contribution in [0.15, 0.2) is 24.3 Å². The van der Waals surface area contributed by atoms with Crippen LogP contribution in [0, 0.1) is 5.92 Å². The lowest BCUT2D eigenvalue weighted by Crippen LogP contribution is -2.52. The number of nitrogens with zero attached hydrogens (tertiary/aromatic N) is 1. The molecule has 1 aliphatic heterocycles. The summed E-state index contributed by atoms with van der Waals surface area (Å²) in [6.07, 6.45) is 5.05. The van der Waals surface area contributed by atoms with E-state index in [1.165, 1.54) is 30.4 Å². The maximum absolute atomic E-state index is 6.56. The SMILES string of the molecule is CC1CCC2(CC1)CNCC(c1nc3ccccc3s1)O2. The van der Waals surface area contributed by atoms with E-state index in [0.29, 0.717) is 0 Å². The molecular formula is C17H22N2OS. The Morgan fingerprint density at radius 3 is 2.90 bits per heavy atom. The third-order valence-corrected chi connectivity index (χ3v) is 6.07. The second-order valence-electron chi connectivity index (χ2n) is 6.62. The first-order chi connectivity index (χ1) is 10.2. The van der Waals surface area contributed by atoms with Crippen LogP contribution in [0.3, 0.4) is 0 Å². The molecule has 1 saturated heterocycles. The number of ether oxygens (including phenoxy) is 1. The van der Waals surface area contributed by atoms with Crippen LogP contribution in [0.1, 0.15) is 43.7 Å². The molecule has 1 atom stereocenters. The number of hydrogen-bond acceptors (Lipinski definition) is 4. The van der Waals surface area contributed by atoms with E-state index in [4.69, 9.17) is 9.72 Å². The summed E-state index contributed by atoms with van der Waals surface area (Å²) in [5.74, 6) is 0.849. The highest BCUT2D eigenvalue weighted by atomic mass is 32.1. The summed E-state index contributed by atoms with van der Waals surface area (Å²) in [6.45, 7) is 4.24. The minimum absolute atomic E-state index is 0.0489. The summed E-state index contributed by atoms with van der Waals surface area (Å²) in [5.41, 5.74) is 1.14. The first-order valence-electron chi connectivity index (χ1n) is 7.98. The molecule has 0 amide bonds. The molecule has 0 bridgehead atoms. The van der Waals surface area contributed by atoms with Crippen molar-refractivity contribution in [2.45, 2.75) is 44.3 Å². The summed E-state index contributed by atoms with van der Waals surface area (Å²) in [6, 6.07) is 8.36. The zero-order valence-electron chi connectivity index (χ0n) is 12.5. The number of hydrogen-bond donors (Lipinski definition) is 1. The number of fused-ring (bicyclic) bond motifs is 1. The second-order valence-corrected chi connectivity index (χ2v) is 7.68. The van der Waals surface area contributed by atoms with Crippen LogP contribution >= 0.6 is 11.3 Å². The minimum Gasteiger partial charge on any atom is -0.362 e. The average molecular weight is 302 g/mol. The van der Waals surface area contributed by atoms with Gasteiger partial charge in [-0.2, -0.15) is 0 Å². The Hall–Kier alpha value is -0.970. The standard InChI is InChI=1S/C17H22N2OS/c1-12-6-8-17(9-7-12)11-18-10-14(20-17)16-19-13-4-2-3-5-15(13)21-16/h2-5,12,14,18H,6-11H2,1H3. The Bertz CT molecular complexity index is 598. The van der Waals surface area contributed by atoms with Crippen molar-refractivity contribution in [2.24, 2.45) is 5.92 Å². The van der Waals surface area contributed by atoms with E-state index in [9.17, 15) is 0 Å². The normalized spacial score (nSPS) is 33.6. The highest BCUT2D eigenvalue weighted by Gasteiger charge is 2.40. The van der Waals surface area contributed by atoms with Crippen LogP contribution in [-0.2, 0) is 4.74 Å². The maximum atomic E-state index is 6.56. The van der Waals surface area contributed by atoms with E-state index in [-0.39, 0.29) is 11.7 Å². The smallest absolute Gasteiger partial charge is 0.124 e. The van der Waals surface area contributed by atoms with Crippen molar-refractivity contribution in [1.82, 2.24) is 10.3 Å². The van der Waals surface area contributed by atoms with Gasteiger partial charge in [0.2, 0.25) is 0 Å². The number of rotatable bonds is 1. The zero-order chi connectivity index (χ0) is 14.3. The molecule has 3 nitrogen and oxygen atoms in total. The van der Waals surface area contributed by atoms with E-state index in [1.807, 2.05) is 0 Å². The van der Waals surface area contributed by atoms with E-state index < -0.39 is 0 Å². The summed E-state index contributed by atoms with van der Waals surface area (Å²) in [5, 5.41) is 4.72. The van der Waals surface area contributed by atoms with Gasteiger partial charge in [0.25, 0.3) is 0 Å². The summed E-state index contributed by atoms with van der Waals surface area (Å²) in [4.78, 5) is 4.78. The van der Waals surface area contributed by atoms with E-state index in [1.54, 1.807) is 11.3 Å². The third kappa shape index (κ3) is 2.60. The molecular weight excluding hydrogens is 280 g/mol. The molecule has 1 N–H and O–H groups in total. The van der Waals surface area contributed by atoms with Crippen molar-refractivity contribution in [1.29, 1.82) is 0 Å². The Balaban J connectivity index is 1.57. The van der Waals surface area contributed by atoms with Crippen LogP contribution in [0.5, 0.6) is 0 Å². The van der Waals surface area contributed by atoms with Crippen molar-refractivity contribution in [2.75, 3.05) is 13.1 Å². The zero-order valence-corrected chi connectivity index (χ0v) is 13.3. The van der Waals surface area contributed by atoms with Crippen LogP contribution in [0.25, 0.3) is 10.2 Å². The highest BCUT2D eigenvalue weighted by molar-refractivity contribution is 7.18. The molecule has 1 aromatic heterocycles. The molecule has 21 heavy (non-hydrogen) atoms. The van der Waals surface area contributed by atoms with Crippen molar-refractivity contribution in [3.05, 3.63) is 29.3 Å². The molecule has 1 spiro atoms.